The molecule has 1 aromatic carbocycles. The minimum absolute atomic E-state index is 0.118. The van der Waals surface area contributed by atoms with Crippen LogP contribution >= 0.6 is 0 Å². The third-order valence-electron chi connectivity index (χ3n) is 6.57. The number of aromatic amines is 1. The molecule has 0 bridgehead atoms. The van der Waals surface area contributed by atoms with Gasteiger partial charge in [-0.25, -0.2) is 0 Å². The number of rotatable bonds is 8. The smallest absolute Gasteiger partial charge is 0.250 e. The van der Waals surface area contributed by atoms with E-state index in [1.807, 2.05) is 36.5 Å². The van der Waals surface area contributed by atoms with E-state index in [-0.39, 0.29) is 30.8 Å². The number of amides is 2. The molecular weight excluding hydrogens is 430 g/mol. The van der Waals surface area contributed by atoms with Crippen molar-refractivity contribution in [2.75, 3.05) is 0 Å². The molecule has 4 aromatic rings. The monoisotopic (exact) mass is 459 g/mol. The number of hydrogen-bond acceptors (Lipinski definition) is 4. The van der Waals surface area contributed by atoms with Crippen LogP contribution in [0.15, 0.2) is 76.1 Å². The summed E-state index contributed by atoms with van der Waals surface area (Å²) in [6.07, 6.45) is 10.4. The summed E-state index contributed by atoms with van der Waals surface area (Å²) in [6.45, 7) is 0.164. The normalized spacial score (nSPS) is 15.3. The molecule has 1 unspecified atom stereocenters. The molecule has 1 aliphatic rings. The largest absolute Gasteiger partial charge is 0.467 e. The van der Waals surface area contributed by atoms with E-state index in [1.54, 1.807) is 29.4 Å². The third-order valence-corrected chi connectivity index (χ3v) is 6.57. The highest BCUT2D eigenvalue weighted by atomic mass is 16.3. The lowest BCUT2D eigenvalue weighted by Gasteiger charge is -2.31. The van der Waals surface area contributed by atoms with Crippen molar-refractivity contribution in [3.63, 3.8) is 0 Å². The molecule has 0 radical (unpaired) electrons. The van der Waals surface area contributed by atoms with Crippen molar-refractivity contribution in [3.05, 3.63) is 84.3 Å². The lowest BCUT2D eigenvalue weighted by atomic mass is 9.95. The van der Waals surface area contributed by atoms with Gasteiger partial charge in [-0.2, -0.15) is 0 Å². The van der Waals surface area contributed by atoms with Crippen LogP contribution in [-0.4, -0.2) is 27.7 Å². The number of furan rings is 2. The zero-order chi connectivity index (χ0) is 23.3. The van der Waals surface area contributed by atoms with Gasteiger partial charge >= 0.3 is 0 Å². The van der Waals surface area contributed by atoms with E-state index in [4.69, 9.17) is 8.83 Å². The Morgan fingerprint density at radius 2 is 1.79 bits per heavy atom. The molecule has 2 N–H and O–H groups in total. The van der Waals surface area contributed by atoms with Crippen molar-refractivity contribution in [2.45, 2.75) is 57.2 Å². The Labute approximate surface area is 198 Å². The Bertz CT molecular complexity index is 1220. The molecular formula is C27H29N3O4. The van der Waals surface area contributed by atoms with Crippen LogP contribution in [0.5, 0.6) is 0 Å². The fourth-order valence-electron chi connectivity index (χ4n) is 4.83. The van der Waals surface area contributed by atoms with Gasteiger partial charge in [0.15, 0.2) is 6.04 Å². The van der Waals surface area contributed by atoms with E-state index >= 15 is 0 Å². The average molecular weight is 460 g/mol. The number of nitrogens with zero attached hydrogens (tertiary/aromatic N) is 1. The third kappa shape index (κ3) is 4.78. The van der Waals surface area contributed by atoms with Gasteiger partial charge in [0.1, 0.15) is 11.5 Å². The number of para-hydroxylation sites is 1. The molecule has 7 nitrogen and oxygen atoms in total. The van der Waals surface area contributed by atoms with Crippen LogP contribution in [0.4, 0.5) is 0 Å². The number of H-pyrrole nitrogens is 1. The van der Waals surface area contributed by atoms with E-state index in [0.717, 1.165) is 42.1 Å². The summed E-state index contributed by atoms with van der Waals surface area (Å²) in [6, 6.07) is 14.2. The predicted molar refractivity (Wildman–Crippen MR) is 128 cm³/mol. The summed E-state index contributed by atoms with van der Waals surface area (Å²) in [7, 11) is 0. The minimum Gasteiger partial charge on any atom is -0.467 e. The zero-order valence-corrected chi connectivity index (χ0v) is 19.0. The van der Waals surface area contributed by atoms with Crippen molar-refractivity contribution >= 4 is 22.7 Å². The quantitative estimate of drug-likeness (QED) is 0.383. The highest BCUT2D eigenvalue weighted by Gasteiger charge is 2.35. The number of fused-ring (bicyclic) bond motifs is 1. The number of carbonyl (C=O) groups is 2. The second-order valence-electron chi connectivity index (χ2n) is 8.90. The number of aromatic nitrogens is 1. The molecule has 176 valence electrons. The molecule has 1 fully saturated rings. The summed E-state index contributed by atoms with van der Waals surface area (Å²) in [5.74, 6) is 0.642. The lowest BCUT2D eigenvalue weighted by Crippen LogP contribution is -2.47. The topological polar surface area (TPSA) is 91.5 Å². The van der Waals surface area contributed by atoms with Gasteiger partial charge in [-0.3, -0.25) is 9.59 Å². The minimum atomic E-state index is -0.889. The van der Waals surface area contributed by atoms with Gasteiger partial charge in [-0.15, -0.1) is 0 Å². The predicted octanol–water partition coefficient (Wildman–Crippen LogP) is 5.12. The maximum absolute atomic E-state index is 13.8. The highest BCUT2D eigenvalue weighted by Crippen LogP contribution is 2.28. The molecule has 5 rings (SSSR count). The molecule has 34 heavy (non-hydrogen) atoms. The van der Waals surface area contributed by atoms with E-state index in [0.29, 0.717) is 11.5 Å². The highest BCUT2D eigenvalue weighted by molar-refractivity contribution is 5.92. The van der Waals surface area contributed by atoms with E-state index in [9.17, 15) is 9.59 Å². The summed E-state index contributed by atoms with van der Waals surface area (Å²) in [5.41, 5.74) is 1.86. The number of carbonyl (C=O) groups excluding carboxylic acids is 2. The molecule has 2 amide bonds. The van der Waals surface area contributed by atoms with Crippen LogP contribution in [0.1, 0.15) is 55.2 Å². The van der Waals surface area contributed by atoms with Crippen molar-refractivity contribution in [1.82, 2.24) is 15.2 Å². The van der Waals surface area contributed by atoms with Crippen molar-refractivity contribution in [3.8, 4) is 0 Å². The molecule has 3 heterocycles. The van der Waals surface area contributed by atoms with Crippen molar-refractivity contribution in [2.24, 2.45) is 0 Å². The molecule has 0 aliphatic heterocycles. The van der Waals surface area contributed by atoms with Crippen LogP contribution in [0.2, 0.25) is 0 Å². The van der Waals surface area contributed by atoms with Gasteiger partial charge in [0, 0.05) is 23.1 Å². The Hall–Kier alpha value is -3.74. The van der Waals surface area contributed by atoms with Crippen LogP contribution < -0.4 is 5.32 Å². The number of nitrogens with one attached hydrogen (secondary N) is 2. The molecule has 0 spiro atoms. The number of hydrogen-bond donors (Lipinski definition) is 2. The molecule has 1 aliphatic carbocycles. The SMILES string of the molecule is O=C(NC1CCCCC1)C(c1ccco1)N(Cc1ccco1)C(=O)Cc1c[nH]c2ccccc12. The molecule has 3 aromatic heterocycles. The first-order chi connectivity index (χ1) is 16.7. The summed E-state index contributed by atoms with van der Waals surface area (Å²) in [4.78, 5) is 32.2. The Morgan fingerprint density at radius 1 is 1.00 bits per heavy atom. The molecule has 0 saturated heterocycles. The van der Waals surface area contributed by atoms with Crippen LogP contribution in [-0.2, 0) is 22.6 Å². The number of benzene rings is 1. The van der Waals surface area contributed by atoms with Gasteiger partial charge in [0.2, 0.25) is 5.91 Å². The second kappa shape index (κ2) is 10.0. The fraction of sp³-hybridized carbons (Fsp3) is 0.333. The fourth-order valence-corrected chi connectivity index (χ4v) is 4.83. The van der Waals surface area contributed by atoms with Gasteiger partial charge in [-0.05, 0) is 48.7 Å². The zero-order valence-electron chi connectivity index (χ0n) is 19.0. The summed E-state index contributed by atoms with van der Waals surface area (Å²) >= 11 is 0. The van der Waals surface area contributed by atoms with Crippen LogP contribution in [0, 0.1) is 0 Å². The Balaban J connectivity index is 1.46. The van der Waals surface area contributed by atoms with Crippen LogP contribution in [0.25, 0.3) is 10.9 Å². The first kappa shape index (κ1) is 22.1. The molecule has 1 atom stereocenters. The van der Waals surface area contributed by atoms with Gasteiger partial charge in [0.25, 0.3) is 5.91 Å². The van der Waals surface area contributed by atoms with Gasteiger partial charge in [-0.1, -0.05) is 37.5 Å². The maximum Gasteiger partial charge on any atom is 0.250 e. The van der Waals surface area contributed by atoms with Crippen molar-refractivity contribution < 1.29 is 18.4 Å². The van der Waals surface area contributed by atoms with Crippen LogP contribution in [0.3, 0.4) is 0 Å². The van der Waals surface area contributed by atoms with Crippen molar-refractivity contribution in [1.29, 1.82) is 0 Å². The van der Waals surface area contributed by atoms with E-state index < -0.39 is 6.04 Å². The Morgan fingerprint density at radius 3 is 2.56 bits per heavy atom. The standard InChI is InChI=1S/C27H29N3O4/c31-25(16-19-17-28-23-12-5-4-11-22(19)23)30(18-21-10-6-14-33-21)26(24-13-7-15-34-24)27(32)29-20-8-2-1-3-9-20/h4-7,10-15,17,20,26,28H,1-3,8-9,16,18H2,(H,29,32). The van der Waals surface area contributed by atoms with E-state index in [2.05, 4.69) is 10.3 Å². The first-order valence-electron chi connectivity index (χ1n) is 11.9. The first-order valence-corrected chi connectivity index (χ1v) is 11.9. The second-order valence-corrected chi connectivity index (χ2v) is 8.90. The van der Waals surface area contributed by atoms with E-state index in [1.165, 1.54) is 12.7 Å². The van der Waals surface area contributed by atoms with Gasteiger partial charge < -0.3 is 24.0 Å². The maximum atomic E-state index is 13.8. The lowest BCUT2D eigenvalue weighted by molar-refractivity contribution is -0.142. The van der Waals surface area contributed by atoms with Gasteiger partial charge in [0.05, 0.1) is 25.5 Å². The molecule has 1 saturated carbocycles. The molecule has 7 heteroatoms. The summed E-state index contributed by atoms with van der Waals surface area (Å²) in [5, 5.41) is 4.18. The Kier molecular flexibility index (Phi) is 6.51. The summed E-state index contributed by atoms with van der Waals surface area (Å²) < 4.78 is 11.2. The average Bonchev–Trinajstić information content (AvgIpc) is 3.63.